The first-order chi connectivity index (χ1) is 9.08. The van der Waals surface area contributed by atoms with Gasteiger partial charge in [0.15, 0.2) is 0 Å². The van der Waals surface area contributed by atoms with Crippen molar-refractivity contribution >= 4 is 0 Å². The molecule has 1 aromatic rings. The lowest BCUT2D eigenvalue weighted by Crippen LogP contribution is -2.33. The maximum atomic E-state index is 5.62. The molecular weight excluding hydrogens is 238 g/mol. The van der Waals surface area contributed by atoms with Crippen LogP contribution >= 0.6 is 0 Å². The van der Waals surface area contributed by atoms with Crippen LogP contribution in [-0.2, 0) is 0 Å². The van der Waals surface area contributed by atoms with Crippen LogP contribution in [0.3, 0.4) is 0 Å². The zero-order valence-electron chi connectivity index (χ0n) is 12.8. The van der Waals surface area contributed by atoms with Crippen LogP contribution in [0.4, 0.5) is 0 Å². The van der Waals surface area contributed by atoms with Crippen molar-refractivity contribution in [2.45, 2.75) is 65.5 Å². The van der Waals surface area contributed by atoms with Gasteiger partial charge in [-0.2, -0.15) is 0 Å². The maximum absolute atomic E-state index is 5.62. The SMILES string of the molecule is CCCNC(C)C(CC)c1cncc(OC(C)C)n1. The summed E-state index contributed by atoms with van der Waals surface area (Å²) in [6, 6.07) is 0.397. The minimum absolute atomic E-state index is 0.125. The molecule has 0 aliphatic heterocycles. The predicted octanol–water partition coefficient (Wildman–Crippen LogP) is 3.15. The Balaban J connectivity index is 2.79. The zero-order valence-corrected chi connectivity index (χ0v) is 12.8. The van der Waals surface area contributed by atoms with Gasteiger partial charge < -0.3 is 10.1 Å². The van der Waals surface area contributed by atoms with Gasteiger partial charge in [0.25, 0.3) is 0 Å². The minimum Gasteiger partial charge on any atom is -0.474 e. The largest absolute Gasteiger partial charge is 0.474 e. The fourth-order valence-corrected chi connectivity index (χ4v) is 2.17. The molecule has 1 heterocycles. The minimum atomic E-state index is 0.125. The van der Waals surface area contributed by atoms with Gasteiger partial charge in [0, 0.05) is 18.2 Å². The van der Waals surface area contributed by atoms with E-state index in [1.165, 1.54) is 0 Å². The highest BCUT2D eigenvalue weighted by Gasteiger charge is 2.19. The highest BCUT2D eigenvalue weighted by Crippen LogP contribution is 2.22. The summed E-state index contributed by atoms with van der Waals surface area (Å²) in [5.74, 6) is 0.989. The van der Waals surface area contributed by atoms with Gasteiger partial charge in [-0.3, -0.25) is 4.98 Å². The van der Waals surface area contributed by atoms with E-state index >= 15 is 0 Å². The Hall–Kier alpha value is -1.16. The molecule has 0 aliphatic rings. The summed E-state index contributed by atoms with van der Waals surface area (Å²) in [4.78, 5) is 8.84. The summed E-state index contributed by atoms with van der Waals surface area (Å²) in [6.45, 7) is 11.6. The third-order valence-corrected chi connectivity index (χ3v) is 3.13. The Labute approximate surface area is 117 Å². The molecule has 0 radical (unpaired) electrons. The molecule has 0 spiro atoms. The van der Waals surface area contributed by atoms with Crippen LogP contribution < -0.4 is 10.1 Å². The third-order valence-electron chi connectivity index (χ3n) is 3.13. The van der Waals surface area contributed by atoms with Gasteiger partial charge in [-0.25, -0.2) is 4.98 Å². The molecule has 0 bridgehead atoms. The topological polar surface area (TPSA) is 47.0 Å². The van der Waals surface area contributed by atoms with Gasteiger partial charge in [-0.1, -0.05) is 13.8 Å². The second-order valence-electron chi connectivity index (χ2n) is 5.21. The molecule has 1 N–H and O–H groups in total. The number of hydrogen-bond donors (Lipinski definition) is 1. The lowest BCUT2D eigenvalue weighted by atomic mass is 9.95. The maximum Gasteiger partial charge on any atom is 0.232 e. The molecule has 2 unspecified atom stereocenters. The summed E-state index contributed by atoms with van der Waals surface area (Å²) >= 11 is 0. The summed E-state index contributed by atoms with van der Waals surface area (Å²) in [5, 5.41) is 3.53. The normalized spacial score (nSPS) is 14.4. The van der Waals surface area contributed by atoms with Crippen molar-refractivity contribution in [1.29, 1.82) is 0 Å². The first-order valence-electron chi connectivity index (χ1n) is 7.30. The molecule has 0 fully saturated rings. The highest BCUT2D eigenvalue weighted by molar-refractivity contribution is 5.14. The average molecular weight is 265 g/mol. The fraction of sp³-hybridized carbons (Fsp3) is 0.733. The summed E-state index contributed by atoms with van der Waals surface area (Å²) in [6.07, 6.45) is 5.84. The fourth-order valence-electron chi connectivity index (χ4n) is 2.17. The van der Waals surface area contributed by atoms with Crippen LogP contribution in [0.1, 0.15) is 59.1 Å². The molecule has 0 amide bonds. The Morgan fingerprint density at radius 2 is 1.95 bits per heavy atom. The van der Waals surface area contributed by atoms with E-state index in [9.17, 15) is 0 Å². The lowest BCUT2D eigenvalue weighted by molar-refractivity contribution is 0.230. The number of hydrogen-bond acceptors (Lipinski definition) is 4. The van der Waals surface area contributed by atoms with Gasteiger partial charge in [-0.15, -0.1) is 0 Å². The quantitative estimate of drug-likeness (QED) is 0.784. The highest BCUT2D eigenvalue weighted by atomic mass is 16.5. The van der Waals surface area contributed by atoms with E-state index in [1.54, 1.807) is 6.20 Å². The molecular formula is C15H27N3O. The predicted molar refractivity (Wildman–Crippen MR) is 78.6 cm³/mol. The Morgan fingerprint density at radius 1 is 1.21 bits per heavy atom. The van der Waals surface area contributed by atoms with Gasteiger partial charge >= 0.3 is 0 Å². The number of aromatic nitrogens is 2. The number of nitrogens with zero attached hydrogens (tertiary/aromatic N) is 2. The summed E-state index contributed by atoms with van der Waals surface area (Å²) in [5.41, 5.74) is 1.01. The molecule has 2 atom stereocenters. The van der Waals surface area contributed by atoms with Crippen molar-refractivity contribution in [2.24, 2.45) is 0 Å². The van der Waals surface area contributed by atoms with E-state index in [-0.39, 0.29) is 6.10 Å². The van der Waals surface area contributed by atoms with Crippen LogP contribution in [0.25, 0.3) is 0 Å². The van der Waals surface area contributed by atoms with Gasteiger partial charge in [0.1, 0.15) is 0 Å². The molecule has 0 aliphatic carbocycles. The molecule has 108 valence electrons. The van der Waals surface area contributed by atoms with Gasteiger partial charge in [0.2, 0.25) is 5.88 Å². The van der Waals surface area contributed by atoms with E-state index in [0.717, 1.165) is 25.1 Å². The Bertz CT molecular complexity index is 368. The van der Waals surface area contributed by atoms with Crippen molar-refractivity contribution in [3.8, 4) is 5.88 Å². The first kappa shape index (κ1) is 15.9. The Kier molecular flexibility index (Phi) is 6.78. The molecule has 4 nitrogen and oxygen atoms in total. The van der Waals surface area contributed by atoms with Crippen LogP contribution in [0.15, 0.2) is 12.4 Å². The second-order valence-corrected chi connectivity index (χ2v) is 5.21. The van der Waals surface area contributed by atoms with Crippen LogP contribution in [0.2, 0.25) is 0 Å². The molecule has 0 saturated carbocycles. The standard InChI is InChI=1S/C15H27N3O/c1-6-8-17-12(5)13(7-2)14-9-16-10-15(18-14)19-11(3)4/h9-13,17H,6-8H2,1-5H3. The van der Waals surface area contributed by atoms with Crippen LogP contribution in [-0.4, -0.2) is 28.7 Å². The smallest absolute Gasteiger partial charge is 0.232 e. The molecule has 0 aromatic carbocycles. The van der Waals surface area contributed by atoms with Crippen LogP contribution in [0.5, 0.6) is 5.88 Å². The number of rotatable bonds is 8. The number of ether oxygens (including phenoxy) is 1. The molecule has 1 rings (SSSR count). The van der Waals surface area contributed by atoms with Crippen LogP contribution in [0, 0.1) is 0 Å². The van der Waals surface area contributed by atoms with Crippen molar-refractivity contribution < 1.29 is 4.74 Å². The van der Waals surface area contributed by atoms with Crippen molar-refractivity contribution in [2.75, 3.05) is 6.54 Å². The van der Waals surface area contributed by atoms with E-state index in [0.29, 0.717) is 17.8 Å². The third kappa shape index (κ3) is 5.15. The summed E-state index contributed by atoms with van der Waals surface area (Å²) in [7, 11) is 0. The molecule has 0 saturated heterocycles. The van der Waals surface area contributed by atoms with Gasteiger partial charge in [-0.05, 0) is 40.2 Å². The van der Waals surface area contributed by atoms with E-state index in [1.807, 2.05) is 20.0 Å². The molecule has 1 aromatic heterocycles. The van der Waals surface area contributed by atoms with E-state index < -0.39 is 0 Å². The lowest BCUT2D eigenvalue weighted by Gasteiger charge is -2.23. The first-order valence-corrected chi connectivity index (χ1v) is 7.30. The average Bonchev–Trinajstić information content (AvgIpc) is 2.37. The van der Waals surface area contributed by atoms with Crippen molar-refractivity contribution in [1.82, 2.24) is 15.3 Å². The van der Waals surface area contributed by atoms with Crippen molar-refractivity contribution in [3.05, 3.63) is 18.1 Å². The zero-order chi connectivity index (χ0) is 14.3. The Morgan fingerprint density at radius 3 is 2.53 bits per heavy atom. The van der Waals surface area contributed by atoms with E-state index in [4.69, 9.17) is 4.74 Å². The second kappa shape index (κ2) is 8.10. The van der Waals surface area contributed by atoms with Crippen molar-refractivity contribution in [3.63, 3.8) is 0 Å². The number of nitrogens with one attached hydrogen (secondary N) is 1. The molecule has 4 heteroatoms. The van der Waals surface area contributed by atoms with E-state index in [2.05, 4.69) is 36.1 Å². The summed E-state index contributed by atoms with van der Waals surface area (Å²) < 4.78 is 5.62. The van der Waals surface area contributed by atoms with Gasteiger partial charge in [0.05, 0.1) is 18.0 Å². The molecule has 19 heavy (non-hydrogen) atoms. The monoisotopic (exact) mass is 265 g/mol.